The third kappa shape index (κ3) is 2.84. The smallest absolute Gasteiger partial charge is 0.305 e. The maximum Gasteiger partial charge on any atom is 0.305 e. The number of nitrogens with zero attached hydrogens (tertiary/aromatic N) is 1. The lowest BCUT2D eigenvalue weighted by Gasteiger charge is -2.53. The van der Waals surface area contributed by atoms with E-state index in [4.69, 9.17) is 5.11 Å². The largest absolute Gasteiger partial charge is 0.481 e. The van der Waals surface area contributed by atoms with Crippen molar-refractivity contribution in [3.8, 4) is 0 Å². The van der Waals surface area contributed by atoms with Crippen molar-refractivity contribution in [1.29, 1.82) is 0 Å². The summed E-state index contributed by atoms with van der Waals surface area (Å²) in [6.07, 6.45) is 6.19. The lowest BCUT2D eigenvalue weighted by molar-refractivity contribution is -0.143. The Kier molecular flexibility index (Phi) is 4.59. The molecule has 0 aromatic carbocycles. The van der Waals surface area contributed by atoms with Gasteiger partial charge in [0.05, 0.1) is 18.6 Å². The van der Waals surface area contributed by atoms with E-state index < -0.39 is 5.97 Å². The molecule has 0 atom stereocenters. The second-order valence-corrected chi connectivity index (χ2v) is 5.61. The van der Waals surface area contributed by atoms with Gasteiger partial charge in [-0.1, -0.05) is 19.3 Å². The quantitative estimate of drug-likeness (QED) is 0.643. The number of carboxylic acid groups (broad SMARTS) is 1. The molecule has 104 valence electrons. The molecule has 0 aromatic rings. The van der Waals surface area contributed by atoms with Crippen LogP contribution in [0, 0.1) is 0 Å². The third-order valence-electron chi connectivity index (χ3n) is 4.35. The van der Waals surface area contributed by atoms with Gasteiger partial charge in [-0.05, 0) is 12.8 Å². The number of aliphatic hydroxyl groups excluding tert-OH is 1. The summed E-state index contributed by atoms with van der Waals surface area (Å²) in [6, 6.07) is 0.451. The van der Waals surface area contributed by atoms with E-state index in [1.807, 2.05) is 0 Å². The SMILES string of the molecule is O=C(O)CC1(N(CCO)C2CCCCC2)CNC1. The third-order valence-corrected chi connectivity index (χ3v) is 4.35. The highest BCUT2D eigenvalue weighted by Crippen LogP contribution is 2.32. The molecule has 2 fully saturated rings. The molecule has 0 radical (unpaired) electrons. The average molecular weight is 256 g/mol. The highest BCUT2D eigenvalue weighted by atomic mass is 16.4. The van der Waals surface area contributed by atoms with Crippen LogP contribution in [0.25, 0.3) is 0 Å². The van der Waals surface area contributed by atoms with Crippen LogP contribution in [0.3, 0.4) is 0 Å². The predicted octanol–water partition coefficient (Wildman–Crippen LogP) is 0.430. The van der Waals surface area contributed by atoms with Crippen molar-refractivity contribution in [2.45, 2.75) is 50.1 Å². The van der Waals surface area contributed by atoms with Crippen LogP contribution in [0.2, 0.25) is 0 Å². The first-order valence-electron chi connectivity index (χ1n) is 6.98. The minimum Gasteiger partial charge on any atom is -0.481 e. The average Bonchev–Trinajstić information content (AvgIpc) is 2.32. The van der Waals surface area contributed by atoms with Crippen LogP contribution in [0.1, 0.15) is 38.5 Å². The van der Waals surface area contributed by atoms with Crippen LogP contribution < -0.4 is 5.32 Å². The van der Waals surface area contributed by atoms with E-state index >= 15 is 0 Å². The number of hydrogen-bond donors (Lipinski definition) is 3. The Bertz CT molecular complexity index is 286. The van der Waals surface area contributed by atoms with Gasteiger partial charge in [-0.3, -0.25) is 9.69 Å². The number of aliphatic carboxylic acids is 1. The van der Waals surface area contributed by atoms with Crippen molar-refractivity contribution < 1.29 is 15.0 Å². The molecule has 1 aliphatic carbocycles. The Morgan fingerprint density at radius 1 is 1.28 bits per heavy atom. The first-order valence-corrected chi connectivity index (χ1v) is 6.98. The molecule has 2 aliphatic rings. The Hall–Kier alpha value is -0.650. The van der Waals surface area contributed by atoms with E-state index in [1.165, 1.54) is 19.3 Å². The van der Waals surface area contributed by atoms with Crippen molar-refractivity contribution in [3.63, 3.8) is 0 Å². The summed E-state index contributed by atoms with van der Waals surface area (Å²) in [6.45, 7) is 2.17. The summed E-state index contributed by atoms with van der Waals surface area (Å²) in [5.41, 5.74) is -0.267. The van der Waals surface area contributed by atoms with E-state index in [9.17, 15) is 9.90 Å². The molecule has 2 rings (SSSR count). The summed E-state index contributed by atoms with van der Waals surface area (Å²) in [5.74, 6) is -0.741. The van der Waals surface area contributed by atoms with Gasteiger partial charge in [-0.25, -0.2) is 0 Å². The van der Waals surface area contributed by atoms with Gasteiger partial charge in [0.1, 0.15) is 0 Å². The van der Waals surface area contributed by atoms with E-state index in [0.29, 0.717) is 12.6 Å². The van der Waals surface area contributed by atoms with Crippen molar-refractivity contribution in [3.05, 3.63) is 0 Å². The molecule has 0 bridgehead atoms. The molecule has 0 spiro atoms. The first-order chi connectivity index (χ1) is 8.68. The lowest BCUT2D eigenvalue weighted by atomic mass is 9.82. The Morgan fingerprint density at radius 2 is 1.94 bits per heavy atom. The predicted molar refractivity (Wildman–Crippen MR) is 68.5 cm³/mol. The summed E-state index contributed by atoms with van der Waals surface area (Å²) in [4.78, 5) is 13.4. The number of hydrogen-bond acceptors (Lipinski definition) is 4. The van der Waals surface area contributed by atoms with Gasteiger partial charge < -0.3 is 15.5 Å². The number of carboxylic acids is 1. The van der Waals surface area contributed by atoms with Crippen LogP contribution in [0.4, 0.5) is 0 Å². The molecule has 5 heteroatoms. The van der Waals surface area contributed by atoms with E-state index in [0.717, 1.165) is 25.9 Å². The molecule has 5 nitrogen and oxygen atoms in total. The minimum atomic E-state index is -0.741. The van der Waals surface area contributed by atoms with Gasteiger partial charge in [0.25, 0.3) is 0 Å². The van der Waals surface area contributed by atoms with Crippen LogP contribution in [0.5, 0.6) is 0 Å². The molecule has 1 saturated heterocycles. The summed E-state index contributed by atoms with van der Waals surface area (Å²) < 4.78 is 0. The molecule has 0 unspecified atom stereocenters. The lowest BCUT2D eigenvalue weighted by Crippen LogP contribution is -2.72. The molecule has 0 amide bonds. The van der Waals surface area contributed by atoms with Crippen molar-refractivity contribution in [1.82, 2.24) is 10.2 Å². The van der Waals surface area contributed by atoms with Crippen LogP contribution in [0.15, 0.2) is 0 Å². The highest BCUT2D eigenvalue weighted by Gasteiger charge is 2.46. The molecule has 1 heterocycles. The van der Waals surface area contributed by atoms with E-state index in [1.54, 1.807) is 0 Å². The maximum absolute atomic E-state index is 11.1. The number of β-amino-alcohol motifs (C(OH)–C–C–N with tert-alkyl or cyclic N) is 1. The van der Waals surface area contributed by atoms with E-state index in [2.05, 4.69) is 10.2 Å². The summed E-state index contributed by atoms with van der Waals surface area (Å²) in [7, 11) is 0. The zero-order chi connectivity index (χ0) is 13.0. The monoisotopic (exact) mass is 256 g/mol. The van der Waals surface area contributed by atoms with Crippen molar-refractivity contribution >= 4 is 5.97 Å². The molecule has 1 aliphatic heterocycles. The van der Waals surface area contributed by atoms with Gasteiger partial charge in [0, 0.05) is 25.7 Å². The van der Waals surface area contributed by atoms with Crippen LogP contribution in [-0.4, -0.2) is 58.9 Å². The standard InChI is InChI=1S/C13H24N2O3/c16-7-6-15(11-4-2-1-3-5-11)13(8-12(17)18)9-14-10-13/h11,14,16H,1-10H2,(H,17,18). The second kappa shape index (κ2) is 5.99. The van der Waals surface area contributed by atoms with Crippen LogP contribution in [-0.2, 0) is 4.79 Å². The normalized spacial score (nSPS) is 23.9. The zero-order valence-electron chi connectivity index (χ0n) is 10.9. The Morgan fingerprint density at radius 3 is 2.39 bits per heavy atom. The second-order valence-electron chi connectivity index (χ2n) is 5.61. The molecule has 18 heavy (non-hydrogen) atoms. The summed E-state index contributed by atoms with van der Waals surface area (Å²) in [5, 5.41) is 21.6. The summed E-state index contributed by atoms with van der Waals surface area (Å²) >= 11 is 0. The molecule has 3 N–H and O–H groups in total. The van der Waals surface area contributed by atoms with Gasteiger partial charge in [0.15, 0.2) is 0 Å². The van der Waals surface area contributed by atoms with Gasteiger partial charge >= 0.3 is 5.97 Å². The number of rotatable bonds is 6. The molecule has 1 saturated carbocycles. The molecular weight excluding hydrogens is 232 g/mol. The molecular formula is C13H24N2O3. The topological polar surface area (TPSA) is 72.8 Å². The Labute approximate surface area is 108 Å². The highest BCUT2D eigenvalue weighted by molar-refractivity contribution is 5.69. The van der Waals surface area contributed by atoms with Gasteiger partial charge in [-0.15, -0.1) is 0 Å². The zero-order valence-corrected chi connectivity index (χ0v) is 10.9. The fraction of sp³-hybridized carbons (Fsp3) is 0.923. The first kappa shape index (κ1) is 13.8. The van der Waals surface area contributed by atoms with E-state index in [-0.39, 0.29) is 18.6 Å². The number of carbonyl (C=O) groups is 1. The fourth-order valence-electron chi connectivity index (χ4n) is 3.43. The van der Waals surface area contributed by atoms with Gasteiger partial charge in [0.2, 0.25) is 0 Å². The Balaban J connectivity index is 2.08. The van der Waals surface area contributed by atoms with Crippen molar-refractivity contribution in [2.75, 3.05) is 26.2 Å². The van der Waals surface area contributed by atoms with Crippen molar-refractivity contribution in [2.24, 2.45) is 0 Å². The number of aliphatic hydroxyl groups is 1. The van der Waals surface area contributed by atoms with Crippen LogP contribution >= 0.6 is 0 Å². The minimum absolute atomic E-state index is 0.109. The maximum atomic E-state index is 11.1. The molecule has 0 aromatic heterocycles. The van der Waals surface area contributed by atoms with Gasteiger partial charge in [-0.2, -0.15) is 0 Å². The number of nitrogens with one attached hydrogen (secondary N) is 1. The fourth-order valence-corrected chi connectivity index (χ4v) is 3.43.